The van der Waals surface area contributed by atoms with Crippen molar-refractivity contribution in [3.8, 4) is 0 Å². The highest BCUT2D eigenvalue weighted by atomic mass is 15.2. The van der Waals surface area contributed by atoms with Crippen molar-refractivity contribution in [3.05, 3.63) is 0 Å². The topological polar surface area (TPSA) is 3.24 Å². The molecule has 1 aliphatic rings. The van der Waals surface area contributed by atoms with E-state index in [2.05, 4.69) is 32.7 Å². The second-order valence-corrected chi connectivity index (χ2v) is 4.03. The third-order valence-corrected chi connectivity index (χ3v) is 3.77. The third kappa shape index (κ3) is 1.31. The lowest BCUT2D eigenvalue weighted by Crippen LogP contribution is -2.42. The maximum atomic E-state index is 2.53. The number of hydrogen-bond acceptors (Lipinski definition) is 1. The van der Waals surface area contributed by atoms with E-state index in [0.717, 1.165) is 5.92 Å². The van der Waals surface area contributed by atoms with Gasteiger partial charge in [-0.2, -0.15) is 0 Å². The van der Waals surface area contributed by atoms with E-state index in [0.29, 0.717) is 5.54 Å². The van der Waals surface area contributed by atoms with Gasteiger partial charge < -0.3 is 4.90 Å². The van der Waals surface area contributed by atoms with Crippen molar-refractivity contribution in [2.24, 2.45) is 5.92 Å². The summed E-state index contributed by atoms with van der Waals surface area (Å²) in [5.74, 6) is 0.928. The summed E-state index contributed by atoms with van der Waals surface area (Å²) >= 11 is 0. The van der Waals surface area contributed by atoms with E-state index in [1.165, 1.54) is 25.8 Å². The quantitative estimate of drug-likeness (QED) is 0.592. The zero-order valence-electron chi connectivity index (χ0n) is 8.35. The van der Waals surface area contributed by atoms with Gasteiger partial charge in [-0.3, -0.25) is 0 Å². The predicted octanol–water partition coefficient (Wildman–Crippen LogP) is 2.52. The molecule has 1 heterocycles. The fourth-order valence-corrected chi connectivity index (χ4v) is 2.43. The van der Waals surface area contributed by atoms with Gasteiger partial charge in [0, 0.05) is 5.54 Å². The number of likely N-dealkylation sites (tertiary alicyclic amines) is 1. The Hall–Kier alpha value is -0.0400. The minimum atomic E-state index is 0.495. The molecule has 2 atom stereocenters. The van der Waals surface area contributed by atoms with E-state index in [1.807, 2.05) is 0 Å². The highest BCUT2D eigenvalue weighted by Gasteiger charge is 2.39. The lowest BCUT2D eigenvalue weighted by atomic mass is 9.83. The normalized spacial score (nSPS) is 39.8. The van der Waals surface area contributed by atoms with Crippen molar-refractivity contribution in [3.63, 3.8) is 0 Å². The molecule has 0 radical (unpaired) electrons. The van der Waals surface area contributed by atoms with Gasteiger partial charge in [-0.05, 0) is 39.3 Å². The van der Waals surface area contributed by atoms with Crippen LogP contribution in [0.3, 0.4) is 0 Å². The van der Waals surface area contributed by atoms with Gasteiger partial charge in [-0.25, -0.2) is 0 Å². The van der Waals surface area contributed by atoms with Crippen LogP contribution in [-0.4, -0.2) is 24.0 Å². The standard InChI is InChI=1S/C10H21N/c1-5-9-7-8-11(4)10(9,3)6-2/h9H,5-8H2,1-4H3. The number of nitrogens with zero attached hydrogens (tertiary/aromatic N) is 1. The first-order valence-electron chi connectivity index (χ1n) is 4.86. The predicted molar refractivity (Wildman–Crippen MR) is 49.7 cm³/mol. The summed E-state index contributed by atoms with van der Waals surface area (Å²) in [6.07, 6.45) is 4.04. The molecule has 66 valence electrons. The van der Waals surface area contributed by atoms with Crippen LogP contribution in [0.5, 0.6) is 0 Å². The molecule has 0 N–H and O–H groups in total. The van der Waals surface area contributed by atoms with Crippen molar-refractivity contribution >= 4 is 0 Å². The molecular formula is C10H21N. The summed E-state index contributed by atoms with van der Waals surface area (Å²) in [6.45, 7) is 8.33. The first-order valence-corrected chi connectivity index (χ1v) is 4.86. The van der Waals surface area contributed by atoms with Gasteiger partial charge in [-0.15, -0.1) is 0 Å². The van der Waals surface area contributed by atoms with Crippen LogP contribution >= 0.6 is 0 Å². The fraction of sp³-hybridized carbons (Fsp3) is 1.00. The average Bonchev–Trinajstić information content (AvgIpc) is 2.30. The van der Waals surface area contributed by atoms with Gasteiger partial charge in [0.2, 0.25) is 0 Å². The van der Waals surface area contributed by atoms with Gasteiger partial charge in [-0.1, -0.05) is 20.3 Å². The molecule has 1 saturated heterocycles. The largest absolute Gasteiger partial charge is 0.301 e. The molecule has 0 aromatic rings. The SMILES string of the molecule is CCC1CCN(C)C1(C)CC. The van der Waals surface area contributed by atoms with Crippen molar-refractivity contribution in [2.75, 3.05) is 13.6 Å². The monoisotopic (exact) mass is 155 g/mol. The average molecular weight is 155 g/mol. The lowest BCUT2D eigenvalue weighted by molar-refractivity contribution is 0.141. The van der Waals surface area contributed by atoms with Crippen molar-refractivity contribution in [1.82, 2.24) is 4.90 Å². The van der Waals surface area contributed by atoms with Gasteiger partial charge in [0.1, 0.15) is 0 Å². The summed E-state index contributed by atoms with van der Waals surface area (Å²) in [7, 11) is 2.26. The third-order valence-electron chi connectivity index (χ3n) is 3.77. The van der Waals surface area contributed by atoms with E-state index in [4.69, 9.17) is 0 Å². The zero-order chi connectivity index (χ0) is 8.48. The summed E-state index contributed by atoms with van der Waals surface area (Å²) in [5, 5.41) is 0. The van der Waals surface area contributed by atoms with Crippen LogP contribution in [0, 0.1) is 5.92 Å². The van der Waals surface area contributed by atoms with Crippen molar-refractivity contribution in [1.29, 1.82) is 0 Å². The molecule has 0 aliphatic carbocycles. The zero-order valence-corrected chi connectivity index (χ0v) is 8.35. The van der Waals surface area contributed by atoms with Crippen LogP contribution in [0.4, 0.5) is 0 Å². The van der Waals surface area contributed by atoms with Crippen LogP contribution < -0.4 is 0 Å². The van der Waals surface area contributed by atoms with E-state index in [9.17, 15) is 0 Å². The molecule has 1 heteroatoms. The van der Waals surface area contributed by atoms with E-state index >= 15 is 0 Å². The molecule has 2 unspecified atom stereocenters. The molecule has 1 rings (SSSR count). The first kappa shape index (κ1) is 9.05. The maximum Gasteiger partial charge on any atom is 0.0204 e. The molecule has 0 aromatic heterocycles. The van der Waals surface area contributed by atoms with Crippen LogP contribution in [0.2, 0.25) is 0 Å². The van der Waals surface area contributed by atoms with Crippen LogP contribution in [0.15, 0.2) is 0 Å². The Morgan fingerprint density at radius 3 is 2.45 bits per heavy atom. The molecule has 0 spiro atoms. The Morgan fingerprint density at radius 1 is 1.45 bits per heavy atom. The van der Waals surface area contributed by atoms with E-state index in [1.54, 1.807) is 0 Å². The summed E-state index contributed by atoms with van der Waals surface area (Å²) in [5.41, 5.74) is 0.495. The van der Waals surface area contributed by atoms with Gasteiger partial charge in [0.15, 0.2) is 0 Å². The Bertz CT molecular complexity index is 133. The first-order chi connectivity index (χ1) is 5.15. The Labute approximate surface area is 70.8 Å². The molecule has 0 aromatic carbocycles. The minimum absolute atomic E-state index is 0.495. The molecule has 1 fully saturated rings. The second kappa shape index (κ2) is 3.14. The number of rotatable bonds is 2. The minimum Gasteiger partial charge on any atom is -0.301 e. The Balaban J connectivity index is 2.70. The van der Waals surface area contributed by atoms with Gasteiger partial charge in [0.05, 0.1) is 0 Å². The molecule has 0 bridgehead atoms. The van der Waals surface area contributed by atoms with Gasteiger partial charge in [0.25, 0.3) is 0 Å². The molecular weight excluding hydrogens is 134 g/mol. The highest BCUT2D eigenvalue weighted by Crippen LogP contribution is 2.37. The van der Waals surface area contributed by atoms with E-state index in [-0.39, 0.29) is 0 Å². The van der Waals surface area contributed by atoms with Crippen LogP contribution in [-0.2, 0) is 0 Å². The summed E-state index contributed by atoms with van der Waals surface area (Å²) < 4.78 is 0. The molecule has 0 saturated carbocycles. The van der Waals surface area contributed by atoms with Crippen molar-refractivity contribution < 1.29 is 0 Å². The molecule has 11 heavy (non-hydrogen) atoms. The fourth-order valence-electron chi connectivity index (χ4n) is 2.43. The van der Waals surface area contributed by atoms with Crippen LogP contribution in [0.25, 0.3) is 0 Å². The molecule has 1 aliphatic heterocycles. The van der Waals surface area contributed by atoms with Crippen LogP contribution in [0.1, 0.15) is 40.0 Å². The lowest BCUT2D eigenvalue weighted by Gasteiger charge is -2.36. The van der Waals surface area contributed by atoms with Gasteiger partial charge >= 0.3 is 0 Å². The smallest absolute Gasteiger partial charge is 0.0204 e. The molecule has 0 amide bonds. The number of hydrogen-bond donors (Lipinski definition) is 0. The summed E-state index contributed by atoms with van der Waals surface area (Å²) in [6, 6.07) is 0. The van der Waals surface area contributed by atoms with E-state index < -0.39 is 0 Å². The molecule has 1 nitrogen and oxygen atoms in total. The Kier molecular flexibility index (Phi) is 2.58. The summed E-state index contributed by atoms with van der Waals surface area (Å²) in [4.78, 5) is 2.53. The Morgan fingerprint density at radius 2 is 2.09 bits per heavy atom. The maximum absolute atomic E-state index is 2.53. The van der Waals surface area contributed by atoms with Crippen molar-refractivity contribution in [2.45, 2.75) is 45.6 Å². The second-order valence-electron chi connectivity index (χ2n) is 4.03. The highest BCUT2D eigenvalue weighted by molar-refractivity contribution is 4.95.